The number of hydrogen-bond acceptors (Lipinski definition) is 4. The Morgan fingerprint density at radius 3 is 2.44 bits per heavy atom. The Kier molecular flexibility index (Phi) is 6.36. The van der Waals surface area contributed by atoms with Gasteiger partial charge in [-0.15, -0.1) is 0 Å². The summed E-state index contributed by atoms with van der Waals surface area (Å²) < 4.78 is 9.99. The third-order valence-corrected chi connectivity index (χ3v) is 1.84. The molecular weight excluding hydrogens is 210 g/mol. The third kappa shape index (κ3) is 7.48. The molecule has 1 N–H and O–H groups in total. The Labute approximate surface area is 97.3 Å². The van der Waals surface area contributed by atoms with Crippen LogP contribution < -0.4 is 0 Å². The lowest BCUT2D eigenvalue weighted by Crippen LogP contribution is -2.38. The van der Waals surface area contributed by atoms with Gasteiger partial charge in [0.1, 0.15) is 5.60 Å². The second kappa shape index (κ2) is 6.70. The quantitative estimate of drug-likeness (QED) is 0.776. The second-order valence-electron chi connectivity index (χ2n) is 4.80. The van der Waals surface area contributed by atoms with Crippen molar-refractivity contribution >= 4 is 6.09 Å². The Morgan fingerprint density at radius 2 is 2.00 bits per heavy atom. The lowest BCUT2D eigenvalue weighted by atomic mass is 10.2. The number of methoxy groups -OCH3 is 1. The molecule has 1 unspecified atom stereocenters. The van der Waals surface area contributed by atoms with Gasteiger partial charge >= 0.3 is 6.09 Å². The van der Waals surface area contributed by atoms with Crippen molar-refractivity contribution < 1.29 is 19.4 Å². The molecule has 0 aliphatic rings. The van der Waals surface area contributed by atoms with E-state index in [1.54, 1.807) is 34.9 Å². The van der Waals surface area contributed by atoms with Crippen molar-refractivity contribution in [2.75, 3.05) is 27.3 Å². The van der Waals surface area contributed by atoms with Gasteiger partial charge in [0.05, 0.1) is 6.10 Å². The summed E-state index contributed by atoms with van der Waals surface area (Å²) in [4.78, 5) is 12.9. The smallest absolute Gasteiger partial charge is 0.410 e. The number of nitrogens with zero attached hydrogens (tertiary/aromatic N) is 1. The standard InChI is InChI=1S/C11H23NO4/c1-11(2,3)16-10(14)12(4)8-9(13)6-7-15-5/h9,13H,6-8H2,1-5H3. The first-order chi connectivity index (χ1) is 7.26. The van der Waals surface area contributed by atoms with E-state index in [9.17, 15) is 9.90 Å². The minimum atomic E-state index is -0.586. The molecule has 0 aliphatic heterocycles. The van der Waals surface area contributed by atoms with E-state index in [1.165, 1.54) is 4.90 Å². The molecule has 5 heteroatoms. The van der Waals surface area contributed by atoms with E-state index in [4.69, 9.17) is 9.47 Å². The number of aliphatic hydroxyl groups excluding tert-OH is 1. The molecule has 0 radical (unpaired) electrons. The summed E-state index contributed by atoms with van der Waals surface area (Å²) in [5.74, 6) is 0. The van der Waals surface area contributed by atoms with Crippen LogP contribution in [0, 0.1) is 0 Å². The number of carbonyl (C=O) groups is 1. The number of amides is 1. The van der Waals surface area contributed by atoms with Crippen LogP contribution in [0.2, 0.25) is 0 Å². The summed E-state index contributed by atoms with van der Waals surface area (Å²) in [6.07, 6.45) is -0.509. The van der Waals surface area contributed by atoms with Crippen molar-refractivity contribution in [2.45, 2.75) is 38.9 Å². The molecule has 1 atom stereocenters. The van der Waals surface area contributed by atoms with E-state index >= 15 is 0 Å². The highest BCUT2D eigenvalue weighted by molar-refractivity contribution is 5.67. The summed E-state index contributed by atoms with van der Waals surface area (Å²) in [7, 11) is 3.17. The highest BCUT2D eigenvalue weighted by Crippen LogP contribution is 2.09. The zero-order chi connectivity index (χ0) is 12.8. The summed E-state index contributed by atoms with van der Waals surface area (Å²) in [5.41, 5.74) is -0.511. The largest absolute Gasteiger partial charge is 0.444 e. The lowest BCUT2D eigenvalue weighted by molar-refractivity contribution is 0.0172. The third-order valence-electron chi connectivity index (χ3n) is 1.84. The predicted octanol–water partition coefficient (Wildman–Crippen LogP) is 1.25. The van der Waals surface area contributed by atoms with Gasteiger partial charge in [0, 0.05) is 27.3 Å². The maximum absolute atomic E-state index is 11.5. The molecule has 0 fully saturated rings. The maximum atomic E-state index is 11.5. The van der Waals surface area contributed by atoms with Crippen molar-refractivity contribution in [2.24, 2.45) is 0 Å². The van der Waals surface area contributed by atoms with Gasteiger partial charge in [-0.1, -0.05) is 0 Å². The van der Waals surface area contributed by atoms with Crippen LogP contribution in [-0.4, -0.2) is 55.1 Å². The highest BCUT2D eigenvalue weighted by Gasteiger charge is 2.20. The average molecular weight is 233 g/mol. The Bertz CT molecular complexity index is 213. The van der Waals surface area contributed by atoms with Crippen LogP contribution in [0.15, 0.2) is 0 Å². The summed E-state index contributed by atoms with van der Waals surface area (Å²) >= 11 is 0. The minimum absolute atomic E-state index is 0.248. The van der Waals surface area contributed by atoms with Crippen LogP contribution >= 0.6 is 0 Å². The summed E-state index contributed by atoms with van der Waals surface area (Å²) in [5, 5.41) is 9.57. The summed E-state index contributed by atoms with van der Waals surface area (Å²) in [6.45, 7) is 6.14. The van der Waals surface area contributed by atoms with Crippen LogP contribution in [0.3, 0.4) is 0 Å². The van der Waals surface area contributed by atoms with Gasteiger partial charge in [0.2, 0.25) is 0 Å². The molecule has 0 heterocycles. The van der Waals surface area contributed by atoms with E-state index in [0.717, 1.165) is 0 Å². The van der Waals surface area contributed by atoms with Gasteiger partial charge in [0.25, 0.3) is 0 Å². The maximum Gasteiger partial charge on any atom is 0.410 e. The zero-order valence-corrected chi connectivity index (χ0v) is 10.8. The number of likely N-dealkylation sites (N-methyl/N-ethyl adjacent to an activating group) is 1. The van der Waals surface area contributed by atoms with Crippen molar-refractivity contribution in [3.8, 4) is 0 Å². The monoisotopic (exact) mass is 233 g/mol. The molecule has 0 rings (SSSR count). The minimum Gasteiger partial charge on any atom is -0.444 e. The molecule has 96 valence electrons. The predicted molar refractivity (Wildman–Crippen MR) is 61.4 cm³/mol. The molecule has 16 heavy (non-hydrogen) atoms. The number of carbonyl (C=O) groups excluding carboxylic acids is 1. The molecule has 0 aromatic heterocycles. The molecule has 0 spiro atoms. The van der Waals surface area contributed by atoms with E-state index in [-0.39, 0.29) is 6.54 Å². The van der Waals surface area contributed by atoms with E-state index in [1.807, 2.05) is 0 Å². The first-order valence-electron chi connectivity index (χ1n) is 5.37. The van der Waals surface area contributed by atoms with Crippen LogP contribution in [0.4, 0.5) is 4.79 Å². The van der Waals surface area contributed by atoms with Crippen LogP contribution in [0.1, 0.15) is 27.2 Å². The molecule has 0 aliphatic carbocycles. The fourth-order valence-corrected chi connectivity index (χ4v) is 1.08. The lowest BCUT2D eigenvalue weighted by Gasteiger charge is -2.26. The average Bonchev–Trinajstić information content (AvgIpc) is 2.11. The van der Waals surface area contributed by atoms with Crippen LogP contribution in [0.25, 0.3) is 0 Å². The first-order valence-corrected chi connectivity index (χ1v) is 5.37. The fraction of sp³-hybridized carbons (Fsp3) is 0.909. The SMILES string of the molecule is COCCC(O)CN(C)C(=O)OC(C)(C)C. The zero-order valence-electron chi connectivity index (χ0n) is 10.8. The molecule has 0 saturated carbocycles. The fourth-order valence-electron chi connectivity index (χ4n) is 1.08. The van der Waals surface area contributed by atoms with Crippen molar-refractivity contribution in [1.82, 2.24) is 4.90 Å². The number of rotatable bonds is 5. The molecule has 1 amide bonds. The van der Waals surface area contributed by atoms with Crippen molar-refractivity contribution in [1.29, 1.82) is 0 Å². The second-order valence-corrected chi connectivity index (χ2v) is 4.80. The Hall–Kier alpha value is -0.810. The van der Waals surface area contributed by atoms with Gasteiger partial charge in [-0.05, 0) is 27.2 Å². The molecule has 0 bridgehead atoms. The van der Waals surface area contributed by atoms with Crippen molar-refractivity contribution in [3.05, 3.63) is 0 Å². The molecule has 5 nitrogen and oxygen atoms in total. The molecule has 0 saturated heterocycles. The van der Waals surface area contributed by atoms with Gasteiger partial charge in [-0.25, -0.2) is 4.79 Å². The number of aliphatic hydroxyl groups is 1. The summed E-state index contributed by atoms with van der Waals surface area (Å²) in [6, 6.07) is 0. The Morgan fingerprint density at radius 1 is 1.44 bits per heavy atom. The molecular formula is C11H23NO4. The topological polar surface area (TPSA) is 59.0 Å². The van der Waals surface area contributed by atoms with E-state index in [0.29, 0.717) is 13.0 Å². The van der Waals surface area contributed by atoms with Crippen LogP contribution in [0.5, 0.6) is 0 Å². The van der Waals surface area contributed by atoms with Gasteiger partial charge in [0.15, 0.2) is 0 Å². The molecule has 0 aromatic rings. The highest BCUT2D eigenvalue weighted by atomic mass is 16.6. The number of ether oxygens (including phenoxy) is 2. The molecule has 0 aromatic carbocycles. The van der Waals surface area contributed by atoms with Gasteiger partial charge in [-0.3, -0.25) is 0 Å². The van der Waals surface area contributed by atoms with Crippen LogP contribution in [-0.2, 0) is 9.47 Å². The first kappa shape index (κ1) is 15.2. The van der Waals surface area contributed by atoms with E-state index in [2.05, 4.69) is 0 Å². The van der Waals surface area contributed by atoms with Gasteiger partial charge < -0.3 is 19.5 Å². The normalized spacial score (nSPS) is 13.4. The van der Waals surface area contributed by atoms with Gasteiger partial charge in [-0.2, -0.15) is 0 Å². The van der Waals surface area contributed by atoms with Crippen molar-refractivity contribution in [3.63, 3.8) is 0 Å². The van der Waals surface area contributed by atoms with E-state index < -0.39 is 17.8 Å². The Balaban J connectivity index is 3.95. The number of hydrogen-bond donors (Lipinski definition) is 1.